The Labute approximate surface area is 173 Å². The van der Waals surface area contributed by atoms with Crippen LogP contribution in [0.5, 0.6) is 0 Å². The van der Waals surface area contributed by atoms with E-state index in [1.54, 1.807) is 34.7 Å². The molecule has 30 heavy (non-hydrogen) atoms. The van der Waals surface area contributed by atoms with Crippen LogP contribution >= 0.6 is 0 Å². The summed E-state index contributed by atoms with van der Waals surface area (Å²) in [6.07, 6.45) is 1.59. The minimum absolute atomic E-state index is 0.111. The van der Waals surface area contributed by atoms with Crippen molar-refractivity contribution in [2.45, 2.75) is 18.4 Å². The summed E-state index contributed by atoms with van der Waals surface area (Å²) in [6, 6.07) is 12.3. The molecule has 0 radical (unpaired) electrons. The van der Waals surface area contributed by atoms with Crippen molar-refractivity contribution in [1.82, 2.24) is 18.8 Å². The van der Waals surface area contributed by atoms with E-state index in [2.05, 4.69) is 9.71 Å². The topological polar surface area (TPSA) is 95.2 Å². The number of sulfonamides is 1. The molecule has 0 atom stereocenters. The molecule has 8 nitrogen and oxygen atoms in total. The van der Waals surface area contributed by atoms with Crippen molar-refractivity contribution >= 4 is 32.0 Å². The standard InChI is InChI=1S/C21H22N4O4S/c1-14-4-6-15(7-5-14)25-18-9-8-16(30(27,28)22-2)12-17(18)19-20(21(25)26)24(13-23-19)10-11-29-3/h4-9,12-13,22H,10-11H2,1-3H3. The lowest BCUT2D eigenvalue weighted by Gasteiger charge is -2.14. The van der Waals surface area contributed by atoms with Gasteiger partial charge in [0.15, 0.2) is 0 Å². The molecule has 0 spiro atoms. The number of benzene rings is 2. The van der Waals surface area contributed by atoms with E-state index in [-0.39, 0.29) is 10.5 Å². The maximum Gasteiger partial charge on any atom is 0.281 e. The second-order valence-corrected chi connectivity index (χ2v) is 8.88. The number of aromatic nitrogens is 3. The van der Waals surface area contributed by atoms with Crippen molar-refractivity contribution in [3.63, 3.8) is 0 Å². The molecule has 2 heterocycles. The zero-order valence-corrected chi connectivity index (χ0v) is 17.7. The quantitative estimate of drug-likeness (QED) is 0.510. The van der Waals surface area contributed by atoms with Gasteiger partial charge in [0.2, 0.25) is 10.0 Å². The molecule has 0 aliphatic rings. The normalized spacial score (nSPS) is 12.1. The van der Waals surface area contributed by atoms with Crippen LogP contribution in [-0.2, 0) is 21.3 Å². The van der Waals surface area contributed by atoms with E-state index >= 15 is 0 Å². The van der Waals surface area contributed by atoms with Crippen molar-refractivity contribution in [3.05, 3.63) is 64.7 Å². The zero-order valence-electron chi connectivity index (χ0n) is 16.9. The van der Waals surface area contributed by atoms with E-state index in [0.29, 0.717) is 40.8 Å². The van der Waals surface area contributed by atoms with Crippen molar-refractivity contribution in [2.24, 2.45) is 0 Å². The summed E-state index contributed by atoms with van der Waals surface area (Å²) in [5.41, 5.74) is 3.00. The van der Waals surface area contributed by atoms with E-state index in [1.165, 1.54) is 13.1 Å². The molecule has 0 aliphatic heterocycles. The third kappa shape index (κ3) is 3.30. The van der Waals surface area contributed by atoms with E-state index in [9.17, 15) is 13.2 Å². The first-order valence-electron chi connectivity index (χ1n) is 9.40. The first kappa shape index (κ1) is 20.3. The summed E-state index contributed by atoms with van der Waals surface area (Å²) in [5, 5.41) is 0.581. The number of pyridine rings is 1. The van der Waals surface area contributed by atoms with Crippen LogP contribution in [-0.4, -0.2) is 43.3 Å². The first-order valence-corrected chi connectivity index (χ1v) is 10.9. The van der Waals surface area contributed by atoms with Gasteiger partial charge in [-0.3, -0.25) is 9.36 Å². The van der Waals surface area contributed by atoms with Gasteiger partial charge in [-0.1, -0.05) is 17.7 Å². The van der Waals surface area contributed by atoms with Gasteiger partial charge < -0.3 is 9.30 Å². The Morgan fingerprint density at radius 1 is 1.13 bits per heavy atom. The summed E-state index contributed by atoms with van der Waals surface area (Å²) in [7, 11) is -0.697. The Bertz CT molecular complexity index is 1400. The van der Waals surface area contributed by atoms with E-state index in [4.69, 9.17) is 4.74 Å². The lowest BCUT2D eigenvalue weighted by atomic mass is 10.1. The van der Waals surface area contributed by atoms with Crippen LogP contribution in [0.15, 0.2) is 58.5 Å². The molecule has 0 amide bonds. The van der Waals surface area contributed by atoms with Gasteiger partial charge in [0.25, 0.3) is 5.56 Å². The van der Waals surface area contributed by atoms with Crippen molar-refractivity contribution in [3.8, 4) is 5.69 Å². The van der Waals surface area contributed by atoms with Crippen LogP contribution < -0.4 is 10.3 Å². The molecule has 0 aliphatic carbocycles. The van der Waals surface area contributed by atoms with Crippen LogP contribution in [0.25, 0.3) is 27.6 Å². The zero-order chi connectivity index (χ0) is 21.5. The van der Waals surface area contributed by atoms with E-state index < -0.39 is 10.0 Å². The predicted octanol–water partition coefficient (Wildman–Crippen LogP) is 2.20. The van der Waals surface area contributed by atoms with Gasteiger partial charge in [-0.05, 0) is 44.3 Å². The van der Waals surface area contributed by atoms with Crippen molar-refractivity contribution < 1.29 is 13.2 Å². The Balaban J connectivity index is 2.13. The highest BCUT2D eigenvalue weighted by molar-refractivity contribution is 7.89. The molecular formula is C21H22N4O4S. The molecule has 9 heteroatoms. The summed E-state index contributed by atoms with van der Waals surface area (Å²) in [6.45, 7) is 2.85. The third-order valence-corrected chi connectivity index (χ3v) is 6.53. The second-order valence-electron chi connectivity index (χ2n) is 6.99. The number of aryl methyl sites for hydroxylation is 1. The molecule has 4 aromatic rings. The van der Waals surface area contributed by atoms with Crippen LogP contribution in [0, 0.1) is 6.92 Å². The third-order valence-electron chi connectivity index (χ3n) is 5.11. The van der Waals surface area contributed by atoms with Crippen molar-refractivity contribution in [2.75, 3.05) is 20.8 Å². The highest BCUT2D eigenvalue weighted by Gasteiger charge is 2.20. The van der Waals surface area contributed by atoms with Gasteiger partial charge in [0, 0.05) is 24.7 Å². The maximum atomic E-state index is 13.5. The summed E-state index contributed by atoms with van der Waals surface area (Å²) >= 11 is 0. The highest BCUT2D eigenvalue weighted by Crippen LogP contribution is 2.27. The smallest absolute Gasteiger partial charge is 0.281 e. The number of ether oxygens (including phenoxy) is 1. The molecule has 1 N–H and O–H groups in total. The van der Waals surface area contributed by atoms with Gasteiger partial charge in [0.1, 0.15) is 11.0 Å². The lowest BCUT2D eigenvalue weighted by Crippen LogP contribution is -2.22. The van der Waals surface area contributed by atoms with Gasteiger partial charge >= 0.3 is 0 Å². The Morgan fingerprint density at radius 3 is 2.53 bits per heavy atom. The molecule has 0 saturated carbocycles. The minimum atomic E-state index is -3.65. The number of hydrogen-bond acceptors (Lipinski definition) is 5. The molecule has 2 aromatic heterocycles. The molecule has 156 valence electrons. The molecule has 0 fully saturated rings. The minimum Gasteiger partial charge on any atom is -0.383 e. The second kappa shape index (κ2) is 7.67. The molecule has 0 saturated heterocycles. The molecular weight excluding hydrogens is 404 g/mol. The Morgan fingerprint density at radius 2 is 1.87 bits per heavy atom. The number of imidazole rings is 1. The van der Waals surface area contributed by atoms with Crippen LogP contribution in [0.2, 0.25) is 0 Å². The van der Waals surface area contributed by atoms with Crippen LogP contribution in [0.4, 0.5) is 0 Å². The monoisotopic (exact) mass is 426 g/mol. The van der Waals surface area contributed by atoms with E-state index in [0.717, 1.165) is 5.56 Å². The summed E-state index contributed by atoms with van der Waals surface area (Å²) in [4.78, 5) is 18.1. The van der Waals surface area contributed by atoms with Gasteiger partial charge in [-0.15, -0.1) is 0 Å². The molecule has 4 rings (SSSR count). The fourth-order valence-corrected chi connectivity index (χ4v) is 4.27. The Hall–Kier alpha value is -3.01. The van der Waals surface area contributed by atoms with E-state index in [1.807, 2.05) is 31.2 Å². The van der Waals surface area contributed by atoms with Crippen LogP contribution in [0.3, 0.4) is 0 Å². The number of fused-ring (bicyclic) bond motifs is 3. The fourth-order valence-electron chi connectivity index (χ4n) is 3.51. The molecule has 0 unspecified atom stereocenters. The average molecular weight is 426 g/mol. The SMILES string of the molecule is CNS(=O)(=O)c1ccc2c(c1)c1ncn(CCOC)c1c(=O)n2-c1ccc(C)cc1. The van der Waals surface area contributed by atoms with Gasteiger partial charge in [0.05, 0.1) is 23.3 Å². The number of rotatable bonds is 6. The first-order chi connectivity index (χ1) is 14.4. The van der Waals surface area contributed by atoms with Crippen LogP contribution in [0.1, 0.15) is 5.56 Å². The van der Waals surface area contributed by atoms with Crippen molar-refractivity contribution in [1.29, 1.82) is 0 Å². The molecule has 2 aromatic carbocycles. The highest BCUT2D eigenvalue weighted by atomic mass is 32.2. The fraction of sp³-hybridized carbons (Fsp3) is 0.238. The van der Waals surface area contributed by atoms with Gasteiger partial charge in [-0.25, -0.2) is 18.1 Å². The summed E-state index contributed by atoms with van der Waals surface area (Å²) in [5.74, 6) is 0. The largest absolute Gasteiger partial charge is 0.383 e. The van der Waals surface area contributed by atoms with Gasteiger partial charge in [-0.2, -0.15) is 0 Å². The molecule has 0 bridgehead atoms. The number of nitrogens with one attached hydrogen (secondary N) is 1. The number of nitrogens with zero attached hydrogens (tertiary/aromatic N) is 3. The summed E-state index contributed by atoms with van der Waals surface area (Å²) < 4.78 is 35.5. The lowest BCUT2D eigenvalue weighted by molar-refractivity contribution is 0.188. The average Bonchev–Trinajstić information content (AvgIpc) is 3.18. The number of methoxy groups -OCH3 is 1. The Kier molecular flexibility index (Phi) is 5.19. The predicted molar refractivity (Wildman–Crippen MR) is 116 cm³/mol. The number of hydrogen-bond donors (Lipinski definition) is 1. The maximum absolute atomic E-state index is 13.5.